The summed E-state index contributed by atoms with van der Waals surface area (Å²) in [6.07, 6.45) is 0. The van der Waals surface area contributed by atoms with E-state index >= 15 is 0 Å². The lowest BCUT2D eigenvalue weighted by atomic mass is 10.5. The van der Waals surface area contributed by atoms with Gasteiger partial charge in [-0.1, -0.05) is 0 Å². The highest BCUT2D eigenvalue weighted by atomic mass is 32.2. The molecule has 1 amide bonds. The number of aryl methyl sites for hydroxylation is 1. The highest BCUT2D eigenvalue weighted by molar-refractivity contribution is 8.00. The van der Waals surface area contributed by atoms with Gasteiger partial charge in [-0.05, 0) is 6.92 Å². The highest BCUT2D eigenvalue weighted by Gasteiger charge is 2.05. The third-order valence-corrected chi connectivity index (χ3v) is 3.33. The van der Waals surface area contributed by atoms with Crippen LogP contribution in [0.3, 0.4) is 0 Å². The van der Waals surface area contributed by atoms with Crippen molar-refractivity contribution in [2.45, 2.75) is 13.5 Å². The fourth-order valence-electron chi connectivity index (χ4n) is 0.961. The van der Waals surface area contributed by atoms with E-state index in [2.05, 4.69) is 10.3 Å². The molecular formula is C9H12N2O3S2. The van der Waals surface area contributed by atoms with E-state index in [0.717, 1.165) is 22.5 Å². The number of rotatable bonds is 6. The molecule has 7 heteroatoms. The molecule has 0 unspecified atom stereocenters. The summed E-state index contributed by atoms with van der Waals surface area (Å²) in [6.45, 7) is 2.30. The molecule has 1 aromatic heterocycles. The van der Waals surface area contributed by atoms with Crippen LogP contribution in [0.1, 0.15) is 10.7 Å². The number of hydrogen-bond donors (Lipinski definition) is 2. The summed E-state index contributed by atoms with van der Waals surface area (Å²) in [5.41, 5.74) is 0.832. The average Bonchev–Trinajstić information content (AvgIpc) is 2.61. The summed E-state index contributed by atoms with van der Waals surface area (Å²) in [6, 6.07) is 0. The molecule has 0 aromatic carbocycles. The van der Waals surface area contributed by atoms with Gasteiger partial charge in [-0.2, -0.15) is 0 Å². The third kappa shape index (κ3) is 5.13. The molecule has 0 radical (unpaired) electrons. The molecule has 16 heavy (non-hydrogen) atoms. The van der Waals surface area contributed by atoms with Gasteiger partial charge in [-0.3, -0.25) is 9.59 Å². The Hall–Kier alpha value is -1.08. The Morgan fingerprint density at radius 1 is 1.56 bits per heavy atom. The largest absolute Gasteiger partial charge is 0.481 e. The number of carbonyl (C=O) groups is 2. The zero-order valence-corrected chi connectivity index (χ0v) is 10.4. The van der Waals surface area contributed by atoms with Crippen LogP contribution in [-0.4, -0.2) is 33.5 Å². The molecule has 0 saturated heterocycles. The highest BCUT2D eigenvalue weighted by Crippen LogP contribution is 2.07. The normalized spacial score (nSPS) is 10.1. The number of carboxylic acids is 1. The quantitative estimate of drug-likeness (QED) is 0.794. The second-order valence-electron chi connectivity index (χ2n) is 3.02. The SMILES string of the molecule is Cc1nc(CNC(=O)CSCC(=O)O)cs1. The zero-order chi connectivity index (χ0) is 12.0. The monoisotopic (exact) mass is 260 g/mol. The van der Waals surface area contributed by atoms with E-state index < -0.39 is 5.97 Å². The molecule has 1 heterocycles. The summed E-state index contributed by atoms with van der Waals surface area (Å²) in [5.74, 6) is -0.969. The summed E-state index contributed by atoms with van der Waals surface area (Å²) < 4.78 is 0. The number of thiazole rings is 1. The van der Waals surface area contributed by atoms with E-state index in [1.165, 1.54) is 11.3 Å². The van der Waals surface area contributed by atoms with Crippen molar-refractivity contribution in [3.8, 4) is 0 Å². The standard InChI is InChI=1S/C9H12N2O3S2/c1-6-11-7(3-16-6)2-10-8(12)4-15-5-9(13)14/h3H,2,4-5H2,1H3,(H,10,12)(H,13,14). The summed E-state index contributed by atoms with van der Waals surface area (Å²) in [4.78, 5) is 25.7. The second kappa shape index (κ2) is 6.49. The number of carboxylic acid groups (broad SMARTS) is 1. The number of aromatic nitrogens is 1. The number of hydrogen-bond acceptors (Lipinski definition) is 5. The molecule has 2 N–H and O–H groups in total. The molecule has 0 bridgehead atoms. The molecule has 5 nitrogen and oxygen atoms in total. The van der Waals surface area contributed by atoms with Crippen LogP contribution in [0.25, 0.3) is 0 Å². The first kappa shape index (κ1) is 13.0. The smallest absolute Gasteiger partial charge is 0.313 e. The van der Waals surface area contributed by atoms with Crippen LogP contribution < -0.4 is 5.32 Å². The average molecular weight is 260 g/mol. The van der Waals surface area contributed by atoms with Crippen molar-refractivity contribution < 1.29 is 14.7 Å². The third-order valence-electron chi connectivity index (χ3n) is 1.59. The first-order valence-electron chi connectivity index (χ1n) is 4.55. The second-order valence-corrected chi connectivity index (χ2v) is 5.07. The van der Waals surface area contributed by atoms with E-state index in [1.807, 2.05) is 12.3 Å². The minimum absolute atomic E-state index is 0.0524. The minimum atomic E-state index is -0.909. The van der Waals surface area contributed by atoms with Gasteiger partial charge >= 0.3 is 5.97 Å². The fourth-order valence-corrected chi connectivity index (χ4v) is 2.14. The van der Waals surface area contributed by atoms with Gasteiger partial charge in [0.15, 0.2) is 0 Å². The molecule has 0 atom stereocenters. The fraction of sp³-hybridized carbons (Fsp3) is 0.444. The van der Waals surface area contributed by atoms with Crippen molar-refractivity contribution in [1.29, 1.82) is 0 Å². The van der Waals surface area contributed by atoms with Crippen molar-refractivity contribution in [2.24, 2.45) is 0 Å². The van der Waals surface area contributed by atoms with Gasteiger partial charge in [-0.25, -0.2) is 4.98 Å². The molecular weight excluding hydrogens is 248 g/mol. The van der Waals surface area contributed by atoms with E-state index in [-0.39, 0.29) is 17.4 Å². The van der Waals surface area contributed by atoms with Gasteiger partial charge in [0.2, 0.25) is 5.91 Å². The van der Waals surface area contributed by atoms with Crippen LogP contribution in [0.4, 0.5) is 0 Å². The summed E-state index contributed by atoms with van der Waals surface area (Å²) >= 11 is 2.61. The van der Waals surface area contributed by atoms with Crippen molar-refractivity contribution in [2.75, 3.05) is 11.5 Å². The Morgan fingerprint density at radius 3 is 2.88 bits per heavy atom. The number of aliphatic carboxylic acids is 1. The van der Waals surface area contributed by atoms with Gasteiger partial charge < -0.3 is 10.4 Å². The Morgan fingerprint density at radius 2 is 2.31 bits per heavy atom. The van der Waals surface area contributed by atoms with Crippen molar-refractivity contribution in [1.82, 2.24) is 10.3 Å². The Bertz CT molecular complexity index is 379. The van der Waals surface area contributed by atoms with Crippen molar-refractivity contribution in [3.05, 3.63) is 16.1 Å². The molecule has 0 fully saturated rings. The first-order chi connectivity index (χ1) is 7.58. The van der Waals surface area contributed by atoms with Crippen LogP contribution in [0, 0.1) is 6.92 Å². The molecule has 88 valence electrons. The molecule has 0 saturated carbocycles. The van der Waals surface area contributed by atoms with E-state index in [9.17, 15) is 9.59 Å². The number of nitrogens with one attached hydrogen (secondary N) is 1. The summed E-state index contributed by atoms with van der Waals surface area (Å²) in [5, 5.41) is 13.9. The van der Waals surface area contributed by atoms with Gasteiger partial charge in [0.1, 0.15) is 0 Å². The zero-order valence-electron chi connectivity index (χ0n) is 8.73. The van der Waals surface area contributed by atoms with Gasteiger partial charge in [0.25, 0.3) is 0 Å². The number of carbonyl (C=O) groups excluding carboxylic acids is 1. The predicted molar refractivity (Wildman–Crippen MR) is 63.7 cm³/mol. The lowest BCUT2D eigenvalue weighted by Gasteiger charge is -2.01. The van der Waals surface area contributed by atoms with Crippen molar-refractivity contribution in [3.63, 3.8) is 0 Å². The topological polar surface area (TPSA) is 79.3 Å². The Kier molecular flexibility index (Phi) is 5.27. The van der Waals surface area contributed by atoms with Crippen LogP contribution in [0.15, 0.2) is 5.38 Å². The Balaban J connectivity index is 2.17. The van der Waals surface area contributed by atoms with E-state index in [0.29, 0.717) is 6.54 Å². The first-order valence-corrected chi connectivity index (χ1v) is 6.58. The maximum atomic E-state index is 11.3. The van der Waals surface area contributed by atoms with Crippen LogP contribution in [-0.2, 0) is 16.1 Å². The molecule has 1 aromatic rings. The molecule has 1 rings (SSSR count). The molecule has 0 aliphatic carbocycles. The molecule has 0 aliphatic heterocycles. The number of amides is 1. The van der Waals surface area contributed by atoms with Crippen LogP contribution >= 0.6 is 23.1 Å². The minimum Gasteiger partial charge on any atom is -0.481 e. The maximum Gasteiger partial charge on any atom is 0.313 e. The predicted octanol–water partition coefficient (Wildman–Crippen LogP) is 0.886. The van der Waals surface area contributed by atoms with Gasteiger partial charge in [0.05, 0.1) is 28.8 Å². The van der Waals surface area contributed by atoms with E-state index in [4.69, 9.17) is 5.11 Å². The van der Waals surface area contributed by atoms with Crippen LogP contribution in [0.2, 0.25) is 0 Å². The number of thioether (sulfide) groups is 1. The number of nitrogens with zero attached hydrogens (tertiary/aromatic N) is 1. The lowest BCUT2D eigenvalue weighted by Crippen LogP contribution is -2.25. The van der Waals surface area contributed by atoms with Gasteiger partial charge in [0, 0.05) is 5.38 Å². The van der Waals surface area contributed by atoms with Gasteiger partial charge in [-0.15, -0.1) is 23.1 Å². The maximum absolute atomic E-state index is 11.3. The van der Waals surface area contributed by atoms with Crippen LogP contribution in [0.5, 0.6) is 0 Å². The lowest BCUT2D eigenvalue weighted by molar-refractivity contribution is -0.133. The molecule has 0 spiro atoms. The molecule has 0 aliphatic rings. The summed E-state index contributed by atoms with van der Waals surface area (Å²) in [7, 11) is 0. The Labute approximate surface area is 101 Å². The van der Waals surface area contributed by atoms with Crippen molar-refractivity contribution >= 4 is 35.0 Å². The van der Waals surface area contributed by atoms with E-state index in [1.54, 1.807) is 0 Å².